The molecule has 0 spiro atoms. The van der Waals surface area contributed by atoms with Crippen LogP contribution in [0, 0.1) is 10.1 Å². The van der Waals surface area contributed by atoms with Crippen LogP contribution in [0.5, 0.6) is 0 Å². The predicted octanol–water partition coefficient (Wildman–Crippen LogP) is 0.224. The number of hydrogen-bond acceptors (Lipinski definition) is 6. The molecule has 0 aliphatic heterocycles. The molecule has 0 radical (unpaired) electrons. The Kier molecular flexibility index (Phi) is 5.84. The Labute approximate surface area is 120 Å². The van der Waals surface area contributed by atoms with Crippen LogP contribution in [-0.2, 0) is 10.0 Å². The minimum Gasteiger partial charge on any atom is -0.395 e. The van der Waals surface area contributed by atoms with Gasteiger partial charge in [0.15, 0.2) is 0 Å². The highest BCUT2D eigenvalue weighted by Gasteiger charge is 2.27. The molecule has 0 unspecified atom stereocenters. The Bertz CT molecular complexity index is 585. The van der Waals surface area contributed by atoms with Crippen LogP contribution in [0.1, 0.15) is 0 Å². The number of nitro benzene ring substituents is 1. The zero-order valence-corrected chi connectivity index (χ0v) is 11.8. The molecule has 0 heterocycles. The number of aliphatic hydroxyl groups excluding tert-OH is 2. The van der Waals surface area contributed by atoms with E-state index in [1.54, 1.807) is 0 Å². The molecule has 20 heavy (non-hydrogen) atoms. The topological polar surface area (TPSA) is 121 Å². The van der Waals surface area contributed by atoms with Gasteiger partial charge in [0, 0.05) is 25.2 Å². The van der Waals surface area contributed by atoms with Gasteiger partial charge in [-0.15, -0.1) is 0 Å². The van der Waals surface area contributed by atoms with Crippen LogP contribution < -0.4 is 0 Å². The minimum atomic E-state index is -4.04. The number of nitrogens with zero attached hydrogens (tertiary/aromatic N) is 2. The third-order valence-corrected chi connectivity index (χ3v) is 4.82. The Morgan fingerprint density at radius 2 is 1.80 bits per heavy atom. The number of aliphatic hydroxyl groups is 2. The van der Waals surface area contributed by atoms with Gasteiger partial charge >= 0.3 is 0 Å². The van der Waals surface area contributed by atoms with Crippen LogP contribution in [0.2, 0.25) is 5.02 Å². The average molecular weight is 325 g/mol. The fourth-order valence-corrected chi connectivity index (χ4v) is 3.46. The zero-order chi connectivity index (χ0) is 15.3. The quantitative estimate of drug-likeness (QED) is 0.547. The maximum absolute atomic E-state index is 12.3. The molecule has 10 heteroatoms. The van der Waals surface area contributed by atoms with E-state index in [0.717, 1.165) is 22.5 Å². The molecular formula is C10H13ClN2O6S. The van der Waals surface area contributed by atoms with Gasteiger partial charge in [0.1, 0.15) is 4.90 Å². The van der Waals surface area contributed by atoms with Gasteiger partial charge in [0.05, 0.1) is 23.2 Å². The number of rotatable bonds is 7. The number of nitro groups is 1. The van der Waals surface area contributed by atoms with E-state index in [-0.39, 0.29) is 28.7 Å². The Balaban J connectivity index is 3.23. The van der Waals surface area contributed by atoms with E-state index in [1.807, 2.05) is 0 Å². The number of hydrogen-bond donors (Lipinski definition) is 2. The van der Waals surface area contributed by atoms with Gasteiger partial charge in [-0.1, -0.05) is 11.6 Å². The van der Waals surface area contributed by atoms with Crippen molar-refractivity contribution >= 4 is 27.3 Å². The lowest BCUT2D eigenvalue weighted by molar-refractivity contribution is -0.384. The van der Waals surface area contributed by atoms with Gasteiger partial charge in [-0.2, -0.15) is 4.31 Å². The molecule has 1 aromatic carbocycles. The second-order valence-electron chi connectivity index (χ2n) is 3.72. The molecule has 0 saturated heterocycles. The van der Waals surface area contributed by atoms with Crippen LogP contribution >= 0.6 is 11.6 Å². The van der Waals surface area contributed by atoms with E-state index in [9.17, 15) is 18.5 Å². The van der Waals surface area contributed by atoms with E-state index in [2.05, 4.69) is 0 Å². The van der Waals surface area contributed by atoms with Gasteiger partial charge in [-0.05, 0) is 6.07 Å². The van der Waals surface area contributed by atoms with E-state index < -0.39 is 28.2 Å². The highest BCUT2D eigenvalue weighted by molar-refractivity contribution is 7.89. The smallest absolute Gasteiger partial charge is 0.271 e. The van der Waals surface area contributed by atoms with Crippen molar-refractivity contribution in [3.05, 3.63) is 33.3 Å². The zero-order valence-electron chi connectivity index (χ0n) is 10.3. The van der Waals surface area contributed by atoms with Gasteiger partial charge in [-0.25, -0.2) is 8.42 Å². The minimum absolute atomic E-state index is 0.212. The van der Waals surface area contributed by atoms with Crippen molar-refractivity contribution in [3.63, 3.8) is 0 Å². The first kappa shape index (κ1) is 16.8. The molecular weight excluding hydrogens is 312 g/mol. The van der Waals surface area contributed by atoms with E-state index >= 15 is 0 Å². The molecule has 2 N–H and O–H groups in total. The van der Waals surface area contributed by atoms with Crippen molar-refractivity contribution in [2.24, 2.45) is 0 Å². The van der Waals surface area contributed by atoms with Crippen LogP contribution in [0.25, 0.3) is 0 Å². The van der Waals surface area contributed by atoms with Crippen LogP contribution in [-0.4, -0.2) is 54.2 Å². The standard InChI is InChI=1S/C10H13ClN2O6S/c11-9-7-8(13(16)17)1-2-10(9)20(18,19)12(3-5-14)4-6-15/h1-2,7,14-15H,3-6H2. The average Bonchev–Trinajstić information content (AvgIpc) is 2.37. The first-order chi connectivity index (χ1) is 9.34. The van der Waals surface area contributed by atoms with Crippen LogP contribution in [0.4, 0.5) is 5.69 Å². The molecule has 0 amide bonds. The SMILES string of the molecule is O=[N+]([O-])c1ccc(S(=O)(=O)N(CCO)CCO)c(Cl)c1. The number of benzene rings is 1. The third-order valence-electron chi connectivity index (χ3n) is 2.44. The first-order valence-electron chi connectivity index (χ1n) is 5.50. The van der Waals surface area contributed by atoms with Crippen molar-refractivity contribution in [2.75, 3.05) is 26.3 Å². The van der Waals surface area contributed by atoms with E-state index in [0.29, 0.717) is 0 Å². The maximum Gasteiger partial charge on any atom is 0.271 e. The van der Waals surface area contributed by atoms with Crippen LogP contribution in [0.15, 0.2) is 23.1 Å². The number of halogens is 1. The fraction of sp³-hybridized carbons (Fsp3) is 0.400. The fourth-order valence-electron chi connectivity index (χ4n) is 1.53. The van der Waals surface area contributed by atoms with Gasteiger partial charge in [0.2, 0.25) is 10.0 Å². The number of sulfonamides is 1. The molecule has 1 aromatic rings. The summed E-state index contributed by atoms with van der Waals surface area (Å²) in [6.07, 6.45) is 0. The highest BCUT2D eigenvalue weighted by atomic mass is 35.5. The van der Waals surface area contributed by atoms with Crippen molar-refractivity contribution in [3.8, 4) is 0 Å². The summed E-state index contributed by atoms with van der Waals surface area (Å²) < 4.78 is 25.4. The lowest BCUT2D eigenvalue weighted by Crippen LogP contribution is -2.36. The highest BCUT2D eigenvalue weighted by Crippen LogP contribution is 2.28. The van der Waals surface area contributed by atoms with Crippen molar-refractivity contribution in [1.29, 1.82) is 0 Å². The second kappa shape index (κ2) is 6.95. The lowest BCUT2D eigenvalue weighted by Gasteiger charge is -2.20. The van der Waals surface area contributed by atoms with Gasteiger partial charge in [-0.3, -0.25) is 10.1 Å². The Morgan fingerprint density at radius 3 is 2.20 bits per heavy atom. The summed E-state index contributed by atoms with van der Waals surface area (Å²) in [5.41, 5.74) is -0.329. The molecule has 0 aliphatic rings. The van der Waals surface area contributed by atoms with Crippen LogP contribution in [0.3, 0.4) is 0 Å². The maximum atomic E-state index is 12.3. The number of non-ortho nitro benzene ring substituents is 1. The van der Waals surface area contributed by atoms with E-state index in [4.69, 9.17) is 21.8 Å². The van der Waals surface area contributed by atoms with E-state index in [1.165, 1.54) is 0 Å². The third kappa shape index (κ3) is 3.64. The van der Waals surface area contributed by atoms with Crippen molar-refractivity contribution < 1.29 is 23.6 Å². The molecule has 0 aromatic heterocycles. The summed E-state index contributed by atoms with van der Waals surface area (Å²) in [6, 6.07) is 2.98. The largest absolute Gasteiger partial charge is 0.395 e. The summed E-state index contributed by atoms with van der Waals surface area (Å²) in [6.45, 7) is -1.28. The molecule has 0 fully saturated rings. The van der Waals surface area contributed by atoms with Crippen molar-refractivity contribution in [1.82, 2.24) is 4.31 Å². The summed E-state index contributed by atoms with van der Waals surface area (Å²) >= 11 is 5.77. The summed E-state index contributed by atoms with van der Waals surface area (Å²) in [5.74, 6) is 0. The molecule has 8 nitrogen and oxygen atoms in total. The van der Waals surface area contributed by atoms with Crippen molar-refractivity contribution in [2.45, 2.75) is 4.90 Å². The molecule has 112 valence electrons. The Hall–Kier alpha value is -1.26. The first-order valence-corrected chi connectivity index (χ1v) is 7.32. The summed E-state index contributed by atoms with van der Waals surface area (Å²) in [5, 5.41) is 28.0. The lowest BCUT2D eigenvalue weighted by atomic mass is 10.3. The monoisotopic (exact) mass is 324 g/mol. The van der Waals surface area contributed by atoms with Gasteiger partial charge < -0.3 is 10.2 Å². The molecule has 0 atom stereocenters. The second-order valence-corrected chi connectivity index (χ2v) is 6.04. The molecule has 0 bridgehead atoms. The molecule has 0 aliphatic carbocycles. The predicted molar refractivity (Wildman–Crippen MR) is 71.0 cm³/mol. The summed E-state index contributed by atoms with van der Waals surface area (Å²) in [4.78, 5) is 9.57. The summed E-state index contributed by atoms with van der Waals surface area (Å²) in [7, 11) is -4.04. The normalized spacial score (nSPS) is 11.8. The molecule has 1 rings (SSSR count). The van der Waals surface area contributed by atoms with Gasteiger partial charge in [0.25, 0.3) is 5.69 Å². The molecule has 0 saturated carbocycles. The Morgan fingerprint density at radius 1 is 1.25 bits per heavy atom.